The zero-order chi connectivity index (χ0) is 16.9. The molecule has 3 rings (SSSR count). The standard InChI is InChI=1S/C17H25BO4S/c1-16(2)17(3,4)22-18(21-16)14-11-7-8-12-15(14)23(19,20)13-9-5-6-10-13/h7-8,11-13H,5-6,9-10H2,1-4H3. The lowest BCUT2D eigenvalue weighted by atomic mass is 9.79. The minimum absolute atomic E-state index is 0.272. The van der Waals surface area contributed by atoms with Crippen molar-refractivity contribution in [3.8, 4) is 0 Å². The maximum absolute atomic E-state index is 13.0. The molecule has 1 aliphatic carbocycles. The summed E-state index contributed by atoms with van der Waals surface area (Å²) in [6.07, 6.45) is 3.48. The van der Waals surface area contributed by atoms with Crippen LogP contribution in [-0.2, 0) is 19.1 Å². The first-order chi connectivity index (χ1) is 10.7. The quantitative estimate of drug-likeness (QED) is 0.797. The van der Waals surface area contributed by atoms with Crippen molar-refractivity contribution in [2.75, 3.05) is 0 Å². The lowest BCUT2D eigenvalue weighted by Gasteiger charge is -2.32. The van der Waals surface area contributed by atoms with Crippen LogP contribution in [0.15, 0.2) is 29.2 Å². The van der Waals surface area contributed by atoms with Gasteiger partial charge in [0.2, 0.25) is 0 Å². The van der Waals surface area contributed by atoms with Gasteiger partial charge in [0.05, 0.1) is 21.3 Å². The monoisotopic (exact) mass is 336 g/mol. The number of rotatable bonds is 3. The highest BCUT2D eigenvalue weighted by Gasteiger charge is 2.53. The second-order valence-electron chi connectivity index (χ2n) is 7.58. The summed E-state index contributed by atoms with van der Waals surface area (Å²) in [5.41, 5.74) is -0.345. The summed E-state index contributed by atoms with van der Waals surface area (Å²) in [5, 5.41) is -0.272. The van der Waals surface area contributed by atoms with E-state index in [1.54, 1.807) is 12.1 Å². The molecule has 6 heteroatoms. The van der Waals surface area contributed by atoms with Crippen molar-refractivity contribution in [3.63, 3.8) is 0 Å². The molecule has 4 nitrogen and oxygen atoms in total. The summed E-state index contributed by atoms with van der Waals surface area (Å²) < 4.78 is 38.2. The molecule has 23 heavy (non-hydrogen) atoms. The summed E-state index contributed by atoms with van der Waals surface area (Å²) in [7, 11) is -3.99. The van der Waals surface area contributed by atoms with Crippen molar-refractivity contribution in [3.05, 3.63) is 24.3 Å². The molecule has 1 heterocycles. The molecule has 2 fully saturated rings. The average molecular weight is 336 g/mol. The van der Waals surface area contributed by atoms with Gasteiger partial charge in [0.15, 0.2) is 9.84 Å². The average Bonchev–Trinajstić information content (AvgIpc) is 3.06. The smallest absolute Gasteiger partial charge is 0.399 e. The number of benzene rings is 1. The highest BCUT2D eigenvalue weighted by molar-refractivity contribution is 7.92. The molecular formula is C17H25BO4S. The van der Waals surface area contributed by atoms with Crippen molar-refractivity contribution < 1.29 is 17.7 Å². The second kappa shape index (κ2) is 5.61. The SMILES string of the molecule is CC1(C)OB(c2ccccc2S(=O)(=O)C2CCCC2)OC1(C)C. The zero-order valence-corrected chi connectivity index (χ0v) is 15.2. The van der Waals surface area contributed by atoms with Crippen molar-refractivity contribution in [2.45, 2.75) is 74.7 Å². The molecule has 0 aromatic heterocycles. The van der Waals surface area contributed by atoms with Crippen LogP contribution in [-0.4, -0.2) is 32.0 Å². The molecule has 2 aliphatic rings. The van der Waals surface area contributed by atoms with Gasteiger partial charge in [-0.05, 0) is 46.6 Å². The predicted octanol–water partition coefficient (Wildman–Crippen LogP) is 2.70. The third kappa shape index (κ3) is 2.85. The predicted molar refractivity (Wildman–Crippen MR) is 91.6 cm³/mol. The molecule has 1 aromatic carbocycles. The Bertz CT molecular complexity index is 674. The van der Waals surface area contributed by atoms with Crippen LogP contribution >= 0.6 is 0 Å². The molecule has 0 amide bonds. The molecule has 126 valence electrons. The van der Waals surface area contributed by atoms with Crippen molar-refractivity contribution in [1.82, 2.24) is 0 Å². The van der Waals surface area contributed by atoms with Gasteiger partial charge in [-0.1, -0.05) is 31.0 Å². The molecule has 0 N–H and O–H groups in total. The first kappa shape index (κ1) is 17.0. The van der Waals surface area contributed by atoms with E-state index in [0.29, 0.717) is 10.4 Å². The van der Waals surface area contributed by atoms with E-state index < -0.39 is 28.2 Å². The largest absolute Gasteiger partial charge is 0.496 e. The first-order valence-electron chi connectivity index (χ1n) is 8.34. The topological polar surface area (TPSA) is 52.6 Å². The van der Waals surface area contributed by atoms with E-state index in [1.807, 2.05) is 39.8 Å². The van der Waals surface area contributed by atoms with Crippen LogP contribution in [0.3, 0.4) is 0 Å². The van der Waals surface area contributed by atoms with E-state index >= 15 is 0 Å². The van der Waals surface area contributed by atoms with Gasteiger partial charge >= 0.3 is 7.12 Å². The third-order valence-electron chi connectivity index (χ3n) is 5.47. The van der Waals surface area contributed by atoms with Gasteiger partial charge in [-0.2, -0.15) is 0 Å². The van der Waals surface area contributed by atoms with Gasteiger partial charge < -0.3 is 9.31 Å². The fraction of sp³-hybridized carbons (Fsp3) is 0.647. The van der Waals surface area contributed by atoms with Crippen molar-refractivity contribution in [1.29, 1.82) is 0 Å². The maximum atomic E-state index is 13.0. The summed E-state index contributed by atoms with van der Waals surface area (Å²) in [4.78, 5) is 0.366. The van der Waals surface area contributed by atoms with Crippen LogP contribution in [0.25, 0.3) is 0 Å². The van der Waals surface area contributed by atoms with E-state index in [2.05, 4.69) is 0 Å². The van der Waals surface area contributed by atoms with Crippen LogP contribution in [0.5, 0.6) is 0 Å². The maximum Gasteiger partial charge on any atom is 0.496 e. The van der Waals surface area contributed by atoms with Crippen molar-refractivity contribution >= 4 is 22.4 Å². The second-order valence-corrected chi connectivity index (χ2v) is 9.77. The fourth-order valence-corrected chi connectivity index (χ4v) is 5.36. The molecule has 1 saturated carbocycles. The minimum Gasteiger partial charge on any atom is -0.399 e. The first-order valence-corrected chi connectivity index (χ1v) is 9.88. The summed E-state index contributed by atoms with van der Waals surface area (Å²) in [6.45, 7) is 7.89. The molecule has 0 spiro atoms. The molecular weight excluding hydrogens is 311 g/mol. The van der Waals surface area contributed by atoms with E-state index in [0.717, 1.165) is 25.7 Å². The Morgan fingerprint density at radius 1 is 1.00 bits per heavy atom. The molecule has 1 aromatic rings. The Morgan fingerprint density at radius 2 is 1.52 bits per heavy atom. The Hall–Kier alpha value is -0.845. The molecule has 0 radical (unpaired) electrons. The lowest BCUT2D eigenvalue weighted by Crippen LogP contribution is -2.41. The number of hydrogen-bond acceptors (Lipinski definition) is 4. The van der Waals surface area contributed by atoms with E-state index in [-0.39, 0.29) is 5.25 Å². The summed E-state index contributed by atoms with van der Waals surface area (Å²) >= 11 is 0. The zero-order valence-electron chi connectivity index (χ0n) is 14.3. The molecule has 0 bridgehead atoms. The number of hydrogen-bond donors (Lipinski definition) is 0. The Kier molecular flexibility index (Phi) is 4.14. The van der Waals surface area contributed by atoms with E-state index in [4.69, 9.17) is 9.31 Å². The van der Waals surface area contributed by atoms with Gasteiger partial charge in [-0.3, -0.25) is 0 Å². The third-order valence-corrected chi connectivity index (χ3v) is 7.81. The molecule has 1 aliphatic heterocycles. The van der Waals surface area contributed by atoms with E-state index in [9.17, 15) is 8.42 Å². The lowest BCUT2D eigenvalue weighted by molar-refractivity contribution is 0.00578. The van der Waals surface area contributed by atoms with Crippen molar-refractivity contribution in [2.24, 2.45) is 0 Å². The minimum atomic E-state index is -3.34. The number of sulfone groups is 1. The normalized spacial score (nSPS) is 24.3. The van der Waals surface area contributed by atoms with E-state index in [1.165, 1.54) is 0 Å². The van der Waals surface area contributed by atoms with Crippen LogP contribution in [0.1, 0.15) is 53.4 Å². The fourth-order valence-electron chi connectivity index (χ4n) is 3.28. The highest BCUT2D eigenvalue weighted by Crippen LogP contribution is 2.37. The van der Waals surface area contributed by atoms with Gasteiger partial charge in [0.1, 0.15) is 0 Å². The van der Waals surface area contributed by atoms with Crippen LogP contribution in [0, 0.1) is 0 Å². The van der Waals surface area contributed by atoms with Crippen LogP contribution in [0.2, 0.25) is 0 Å². The van der Waals surface area contributed by atoms with Gasteiger partial charge in [-0.15, -0.1) is 0 Å². The molecule has 0 unspecified atom stereocenters. The van der Waals surface area contributed by atoms with Gasteiger partial charge in [0.25, 0.3) is 0 Å². The Morgan fingerprint density at radius 3 is 2.09 bits per heavy atom. The van der Waals surface area contributed by atoms with Gasteiger partial charge in [-0.25, -0.2) is 8.42 Å². The Labute approximate surface area is 139 Å². The van der Waals surface area contributed by atoms with Crippen LogP contribution < -0.4 is 5.46 Å². The molecule has 1 saturated heterocycles. The molecule has 0 atom stereocenters. The van der Waals surface area contributed by atoms with Crippen LogP contribution in [0.4, 0.5) is 0 Å². The Balaban J connectivity index is 2.00. The highest BCUT2D eigenvalue weighted by atomic mass is 32.2. The van der Waals surface area contributed by atoms with Gasteiger partial charge in [0, 0.05) is 5.46 Å². The summed E-state index contributed by atoms with van der Waals surface area (Å²) in [6, 6.07) is 7.11. The summed E-state index contributed by atoms with van der Waals surface area (Å²) in [5.74, 6) is 0.